The van der Waals surface area contributed by atoms with Crippen LogP contribution in [0.25, 0.3) is 0 Å². The Kier molecular flexibility index (Phi) is 6.60. The molecule has 0 aliphatic heterocycles. The molecule has 0 aromatic rings. The molecular formula is C22H36O9P2. The second kappa shape index (κ2) is 8.53. The van der Waals surface area contributed by atoms with Crippen molar-refractivity contribution >= 4 is 26.9 Å². The van der Waals surface area contributed by atoms with Gasteiger partial charge in [0.05, 0.1) is 6.42 Å². The molecule has 0 unspecified atom stereocenters. The summed E-state index contributed by atoms with van der Waals surface area (Å²) >= 11 is 0. The van der Waals surface area contributed by atoms with Crippen molar-refractivity contribution in [3.05, 3.63) is 0 Å². The molecule has 4 saturated carbocycles. The summed E-state index contributed by atoms with van der Waals surface area (Å²) in [6.45, 7) is 4.50. The second-order valence-electron chi connectivity index (χ2n) is 11.3. The molecule has 33 heavy (non-hydrogen) atoms. The lowest BCUT2D eigenvalue weighted by atomic mass is 9.45. The van der Waals surface area contributed by atoms with Crippen LogP contribution in [0.2, 0.25) is 0 Å². The van der Waals surface area contributed by atoms with E-state index < -0.39 is 39.1 Å². The number of hydrogen-bond donors (Lipinski definition) is 4. The Bertz CT molecular complexity index is 888. The zero-order chi connectivity index (χ0) is 24.4. The topological polar surface area (TPSA) is 158 Å². The van der Waals surface area contributed by atoms with Crippen LogP contribution in [0.3, 0.4) is 0 Å². The normalized spacial score (nSPS) is 41.3. The Morgan fingerprint density at radius 2 is 1.67 bits per heavy atom. The van der Waals surface area contributed by atoms with Crippen molar-refractivity contribution in [2.75, 3.05) is 0 Å². The first-order valence-corrected chi connectivity index (χ1v) is 15.4. The van der Waals surface area contributed by atoms with Gasteiger partial charge in [-0.2, -0.15) is 0 Å². The van der Waals surface area contributed by atoms with Crippen molar-refractivity contribution in [1.82, 2.24) is 0 Å². The van der Waals surface area contributed by atoms with Crippen molar-refractivity contribution in [2.45, 2.75) is 89.6 Å². The van der Waals surface area contributed by atoms with E-state index in [-0.39, 0.29) is 10.8 Å². The quantitative estimate of drug-likeness (QED) is 0.323. The Labute approximate surface area is 194 Å². The summed E-state index contributed by atoms with van der Waals surface area (Å²) in [5.41, 5.74) is -0.0511. The third-order valence-electron chi connectivity index (χ3n) is 9.75. The molecule has 0 aromatic heterocycles. The van der Waals surface area contributed by atoms with Crippen LogP contribution >= 0.6 is 15.2 Å². The molecule has 11 heteroatoms. The molecular weight excluding hydrogens is 470 g/mol. The summed E-state index contributed by atoms with van der Waals surface area (Å²) in [7, 11) is -10.3. The summed E-state index contributed by atoms with van der Waals surface area (Å²) in [5, 5.41) is -2.37. The van der Waals surface area contributed by atoms with Gasteiger partial charge in [0.25, 0.3) is 0 Å². The molecule has 0 saturated heterocycles. The third kappa shape index (κ3) is 4.54. The highest BCUT2D eigenvalue weighted by Gasteiger charge is 2.60. The van der Waals surface area contributed by atoms with Gasteiger partial charge >= 0.3 is 21.2 Å². The molecule has 4 N–H and O–H groups in total. The smallest absolute Gasteiger partial charge is 0.341 e. The van der Waals surface area contributed by atoms with E-state index in [0.29, 0.717) is 48.7 Å². The maximum Gasteiger partial charge on any atom is 0.341 e. The van der Waals surface area contributed by atoms with E-state index in [4.69, 9.17) is 4.74 Å². The molecule has 0 bridgehead atoms. The predicted molar refractivity (Wildman–Crippen MR) is 119 cm³/mol. The first kappa shape index (κ1) is 25.5. The van der Waals surface area contributed by atoms with Crippen LogP contribution < -0.4 is 0 Å². The van der Waals surface area contributed by atoms with E-state index in [1.807, 2.05) is 0 Å². The number of carbonyl (C=O) groups is 2. The fourth-order valence-electron chi connectivity index (χ4n) is 7.91. The van der Waals surface area contributed by atoms with Crippen molar-refractivity contribution in [2.24, 2.45) is 34.5 Å². The predicted octanol–water partition coefficient (Wildman–Crippen LogP) is 3.58. The average molecular weight is 506 g/mol. The first-order valence-electron chi connectivity index (χ1n) is 12.0. The largest absolute Gasteiger partial charge is 0.462 e. The number of rotatable bonds is 5. The first-order chi connectivity index (χ1) is 15.2. The summed E-state index contributed by atoms with van der Waals surface area (Å²) in [6, 6.07) is 0. The van der Waals surface area contributed by atoms with E-state index in [2.05, 4.69) is 13.8 Å². The summed E-state index contributed by atoms with van der Waals surface area (Å²) in [5.74, 6) is 1.37. The van der Waals surface area contributed by atoms with Crippen LogP contribution in [0.1, 0.15) is 78.1 Å². The van der Waals surface area contributed by atoms with Gasteiger partial charge in [-0.1, -0.05) is 13.8 Å². The molecule has 188 valence electrons. The van der Waals surface area contributed by atoms with E-state index >= 15 is 0 Å². The number of carbonyl (C=O) groups excluding carboxylic acids is 2. The minimum Gasteiger partial charge on any atom is -0.462 e. The van der Waals surface area contributed by atoms with Gasteiger partial charge in [0.2, 0.25) is 0 Å². The highest BCUT2D eigenvalue weighted by molar-refractivity contribution is 7.70. The molecule has 0 amide bonds. The van der Waals surface area contributed by atoms with Gasteiger partial charge in [-0.25, -0.2) is 0 Å². The standard InChI is InChI=1S/C22H36O9P2/c1-21-9-7-14(31-19(24)12-20(32(25,26)27)33(28,29)30)11-13(21)3-4-15-16-5-6-18(23)22(16,2)10-8-17(15)21/h13-17,20H,3-12H2,1-2H3,(H2,25,26,27)(H2,28,29,30)/t13-,14-,15-,16-,17-,21-,22-/m0/s1. The number of esters is 1. The van der Waals surface area contributed by atoms with Crippen molar-refractivity contribution in [1.29, 1.82) is 0 Å². The number of Topliss-reactive ketones (excluding diaryl/α,β-unsaturated/α-hetero) is 1. The van der Waals surface area contributed by atoms with Gasteiger partial charge in [-0.3, -0.25) is 18.7 Å². The zero-order valence-electron chi connectivity index (χ0n) is 19.3. The van der Waals surface area contributed by atoms with Crippen molar-refractivity contribution < 1.29 is 43.0 Å². The SMILES string of the molecule is C[C@]12CC[C@H](OC(=O)CC(P(=O)(O)O)P(=O)(O)O)C[C@@H]1CC[C@@H]1[C@@H]2CC[C@]2(C)C(=O)CC[C@@H]12. The lowest BCUT2D eigenvalue weighted by Gasteiger charge is -2.60. The molecule has 7 atom stereocenters. The molecule has 4 rings (SSSR count). The van der Waals surface area contributed by atoms with E-state index in [1.54, 1.807) is 0 Å². The molecule has 4 aliphatic rings. The highest BCUT2D eigenvalue weighted by atomic mass is 31.2. The van der Waals surface area contributed by atoms with Gasteiger partial charge in [-0.05, 0) is 80.5 Å². The second-order valence-corrected chi connectivity index (χ2v) is 15.3. The number of ketones is 1. The van der Waals surface area contributed by atoms with E-state index in [0.717, 1.165) is 38.5 Å². The maximum atomic E-state index is 12.6. The molecule has 0 spiro atoms. The lowest BCUT2D eigenvalue weighted by Crippen LogP contribution is -2.54. The fraction of sp³-hybridized carbons (Fsp3) is 0.909. The van der Waals surface area contributed by atoms with Crippen molar-refractivity contribution in [3.63, 3.8) is 0 Å². The summed E-state index contributed by atoms with van der Waals surface area (Å²) in [6.07, 6.45) is 6.49. The van der Waals surface area contributed by atoms with Gasteiger partial charge in [-0.15, -0.1) is 0 Å². The molecule has 4 fully saturated rings. The Morgan fingerprint density at radius 1 is 1.00 bits per heavy atom. The van der Waals surface area contributed by atoms with Crippen LogP contribution in [-0.4, -0.2) is 42.8 Å². The summed E-state index contributed by atoms with van der Waals surface area (Å²) in [4.78, 5) is 61.9. The molecule has 4 aliphatic carbocycles. The zero-order valence-corrected chi connectivity index (χ0v) is 21.0. The molecule has 0 heterocycles. The average Bonchev–Trinajstić information content (AvgIpc) is 2.99. The molecule has 0 radical (unpaired) electrons. The molecule has 9 nitrogen and oxygen atoms in total. The van der Waals surface area contributed by atoms with E-state index in [9.17, 15) is 38.3 Å². The van der Waals surface area contributed by atoms with Crippen LogP contribution in [0, 0.1) is 34.5 Å². The van der Waals surface area contributed by atoms with Crippen LogP contribution in [0.15, 0.2) is 0 Å². The summed E-state index contributed by atoms with van der Waals surface area (Å²) < 4.78 is 28.4. The Morgan fingerprint density at radius 3 is 2.30 bits per heavy atom. The van der Waals surface area contributed by atoms with E-state index in [1.165, 1.54) is 0 Å². The fourth-order valence-corrected chi connectivity index (χ4v) is 10.3. The highest BCUT2D eigenvalue weighted by Crippen LogP contribution is 2.66. The lowest BCUT2D eigenvalue weighted by molar-refractivity contribution is -0.162. The third-order valence-corrected chi connectivity index (χ3v) is 13.5. The minimum atomic E-state index is -5.16. The number of ether oxygens (including phenoxy) is 1. The Balaban J connectivity index is 1.41. The number of fused-ring (bicyclic) bond motifs is 5. The monoisotopic (exact) mass is 506 g/mol. The molecule has 0 aromatic carbocycles. The number of hydrogen-bond acceptors (Lipinski definition) is 5. The minimum absolute atomic E-state index is 0.110. The Hall–Kier alpha value is -0.560. The van der Waals surface area contributed by atoms with Gasteiger partial charge in [0, 0.05) is 11.8 Å². The maximum absolute atomic E-state index is 12.6. The van der Waals surface area contributed by atoms with Gasteiger partial charge in [0.1, 0.15) is 11.9 Å². The van der Waals surface area contributed by atoms with Crippen LogP contribution in [0.5, 0.6) is 0 Å². The van der Waals surface area contributed by atoms with Crippen LogP contribution in [0.4, 0.5) is 0 Å². The van der Waals surface area contributed by atoms with Gasteiger partial charge in [0.15, 0.2) is 5.40 Å². The van der Waals surface area contributed by atoms with Crippen LogP contribution in [-0.2, 0) is 23.5 Å². The van der Waals surface area contributed by atoms with Crippen molar-refractivity contribution in [3.8, 4) is 0 Å². The van der Waals surface area contributed by atoms with Gasteiger partial charge < -0.3 is 24.3 Å².